The molecule has 0 bridgehead atoms. The Morgan fingerprint density at radius 1 is 0.958 bits per heavy atom. The van der Waals surface area contributed by atoms with Crippen LogP contribution in [-0.4, -0.2) is 14.2 Å². The van der Waals surface area contributed by atoms with E-state index in [0.29, 0.717) is 6.42 Å². The van der Waals surface area contributed by atoms with E-state index in [-0.39, 0.29) is 38.2 Å². The predicted octanol–water partition coefficient (Wildman–Crippen LogP) is 4.23. The molecule has 0 amide bonds. The quantitative estimate of drug-likeness (QED) is 0.385. The second kappa shape index (κ2) is 9.38. The first kappa shape index (κ1) is 20.1. The third kappa shape index (κ3) is 4.78. The maximum atomic E-state index is 12.4. The van der Waals surface area contributed by atoms with Gasteiger partial charge in [0.25, 0.3) is 0 Å². The summed E-state index contributed by atoms with van der Waals surface area (Å²) >= 11 is 0. The van der Waals surface area contributed by atoms with Crippen LogP contribution >= 0.6 is 0 Å². The molecular formula is C19H18FeO3S-6. The van der Waals surface area contributed by atoms with Gasteiger partial charge >= 0.3 is 0 Å². The fourth-order valence-electron chi connectivity index (χ4n) is 2.11. The van der Waals surface area contributed by atoms with E-state index in [1.165, 1.54) is 18.2 Å². The number of hydrogen-bond acceptors (Lipinski definition) is 3. The van der Waals surface area contributed by atoms with E-state index < -0.39 is 9.84 Å². The molecule has 5 heteroatoms. The molecule has 3 aromatic carbocycles. The fraction of sp³-hybridized carbons (Fsp3) is 0.105. The summed E-state index contributed by atoms with van der Waals surface area (Å²) in [5, 5.41) is 0. The van der Waals surface area contributed by atoms with Crippen molar-refractivity contribution >= 4 is 15.6 Å². The molecule has 3 nitrogen and oxygen atoms in total. The van der Waals surface area contributed by atoms with Crippen LogP contribution in [0.4, 0.5) is 0 Å². The van der Waals surface area contributed by atoms with Crippen molar-refractivity contribution in [2.75, 3.05) is 0 Å². The van der Waals surface area contributed by atoms with Crippen LogP contribution in [0.2, 0.25) is 0 Å². The van der Waals surface area contributed by atoms with Gasteiger partial charge in [0.05, 0.1) is 4.90 Å². The molecule has 0 heterocycles. The van der Waals surface area contributed by atoms with Crippen molar-refractivity contribution in [3.8, 4) is 0 Å². The van der Waals surface area contributed by atoms with E-state index in [4.69, 9.17) is 0 Å². The first-order chi connectivity index (χ1) is 11.1. The summed E-state index contributed by atoms with van der Waals surface area (Å²) in [6, 6.07) is 22.8. The number of Topliss-reactive ketones (excluding diaryl/α,β-unsaturated/α-hetero) is 1. The molecule has 0 atom stereocenters. The summed E-state index contributed by atoms with van der Waals surface area (Å²) < 4.78 is 24.8. The summed E-state index contributed by atoms with van der Waals surface area (Å²) in [6.07, 6.45) is 0.293. The molecule has 24 heavy (non-hydrogen) atoms. The molecule has 0 N–H and O–H groups in total. The van der Waals surface area contributed by atoms with Crippen molar-refractivity contribution in [1.29, 1.82) is 0 Å². The van der Waals surface area contributed by atoms with Crippen LogP contribution in [0, 0.1) is 0 Å². The first-order valence-electron chi connectivity index (χ1n) is 7.33. The Bertz CT molecular complexity index is 815. The minimum atomic E-state index is -3.60. The molecule has 0 aliphatic heterocycles. The Hall–Kier alpha value is -1.94. The van der Waals surface area contributed by atoms with Crippen molar-refractivity contribution in [3.63, 3.8) is 0 Å². The van der Waals surface area contributed by atoms with Crippen molar-refractivity contribution in [3.05, 3.63) is 84.4 Å². The zero-order valence-corrected chi connectivity index (χ0v) is 15.1. The van der Waals surface area contributed by atoms with Crippen LogP contribution in [-0.2, 0) is 26.9 Å². The molecule has 3 aromatic rings. The largest absolute Gasteiger partial charge is 0.748 e. The number of rotatable bonds is 4. The topological polar surface area (TPSA) is 51.2 Å². The van der Waals surface area contributed by atoms with Crippen LogP contribution in [0.5, 0.6) is 0 Å². The molecular weight excluding hydrogens is 364 g/mol. The van der Waals surface area contributed by atoms with E-state index in [9.17, 15) is 13.2 Å². The monoisotopic (exact) mass is 382 g/mol. The Morgan fingerprint density at radius 2 is 1.50 bits per heavy atom. The van der Waals surface area contributed by atoms with E-state index >= 15 is 0 Å². The van der Waals surface area contributed by atoms with Crippen LogP contribution < -0.4 is 0 Å². The fourth-order valence-corrected chi connectivity index (χ4v) is 3.60. The van der Waals surface area contributed by atoms with Gasteiger partial charge < -0.3 is 35.1 Å². The summed E-state index contributed by atoms with van der Waals surface area (Å²) in [5.41, 5.74) is 0.279. The average molecular weight is 382 g/mol. The van der Waals surface area contributed by atoms with Crippen LogP contribution in [0.1, 0.15) is 23.7 Å². The molecule has 0 aromatic heterocycles. The zero-order valence-electron chi connectivity index (χ0n) is 13.2. The number of carbonyl (C=O) groups is 1. The molecule has 3 rings (SSSR count). The minimum Gasteiger partial charge on any atom is -0.748 e. The van der Waals surface area contributed by atoms with Crippen LogP contribution in [0.15, 0.2) is 88.7 Å². The normalized spacial score (nSPS) is 10.2. The SMILES string of the molecule is CCC(=O)[c-]1cccc1S(=O)(=O)c1ccccc1.[Fe].[cH-]1[cH-][cH-][cH-][cH-]1. The summed E-state index contributed by atoms with van der Waals surface area (Å²) in [4.78, 5) is 12.0. The van der Waals surface area contributed by atoms with E-state index in [0.717, 1.165) is 0 Å². The minimum absolute atomic E-state index is 0. The van der Waals surface area contributed by atoms with E-state index in [2.05, 4.69) is 0 Å². The standard InChI is InChI=1S/C14H13O3S.C5H5.Fe/c1-2-13(15)12-9-6-10-14(12)18(16,17)11-7-4-3-5-8-11;1-2-4-5-3-1;/h3-10H,2H2,1H3;1-5H;/q-1;-5;. The maximum absolute atomic E-state index is 12.4. The van der Waals surface area contributed by atoms with Gasteiger partial charge in [-0.3, -0.25) is 0 Å². The van der Waals surface area contributed by atoms with Gasteiger partial charge in [-0.1, -0.05) is 30.7 Å². The van der Waals surface area contributed by atoms with Crippen molar-refractivity contribution in [1.82, 2.24) is 0 Å². The molecule has 0 fully saturated rings. The number of carbonyl (C=O) groups excluding carboxylic acids is 1. The van der Waals surface area contributed by atoms with Gasteiger partial charge in [-0.05, 0) is 23.4 Å². The molecule has 0 aliphatic rings. The third-order valence-corrected chi connectivity index (χ3v) is 5.12. The van der Waals surface area contributed by atoms with Gasteiger partial charge in [0, 0.05) is 17.1 Å². The Balaban J connectivity index is 0.000000412. The molecule has 0 unspecified atom stereocenters. The van der Waals surface area contributed by atoms with Crippen molar-refractivity contribution in [2.45, 2.75) is 23.1 Å². The summed E-state index contributed by atoms with van der Waals surface area (Å²) in [6.45, 7) is 1.72. The molecule has 0 aliphatic carbocycles. The summed E-state index contributed by atoms with van der Waals surface area (Å²) in [7, 11) is -3.60. The Kier molecular flexibility index (Phi) is 7.86. The van der Waals surface area contributed by atoms with Gasteiger partial charge in [-0.2, -0.15) is 12.1 Å². The Morgan fingerprint density at radius 3 is 2.00 bits per heavy atom. The second-order valence-corrected chi connectivity index (χ2v) is 6.78. The van der Waals surface area contributed by atoms with Gasteiger partial charge in [-0.25, -0.2) is 14.5 Å². The van der Waals surface area contributed by atoms with Gasteiger partial charge in [0.1, 0.15) is 5.78 Å². The molecule has 0 saturated carbocycles. The van der Waals surface area contributed by atoms with Crippen molar-refractivity contribution < 1.29 is 30.3 Å². The van der Waals surface area contributed by atoms with Gasteiger partial charge in [0.15, 0.2) is 9.84 Å². The van der Waals surface area contributed by atoms with Gasteiger partial charge in [-0.15, -0.1) is 0 Å². The number of benzene rings is 1. The molecule has 132 valence electrons. The van der Waals surface area contributed by atoms with Gasteiger partial charge in [0.2, 0.25) is 0 Å². The second-order valence-electron chi connectivity index (χ2n) is 4.86. The molecule has 0 spiro atoms. The summed E-state index contributed by atoms with van der Waals surface area (Å²) in [5.74, 6) is -0.158. The Labute approximate surface area is 153 Å². The number of sulfone groups is 1. The number of ketones is 1. The van der Waals surface area contributed by atoms with Crippen LogP contribution in [0.25, 0.3) is 0 Å². The van der Waals surface area contributed by atoms with Crippen molar-refractivity contribution in [2.24, 2.45) is 0 Å². The predicted molar refractivity (Wildman–Crippen MR) is 90.6 cm³/mol. The van der Waals surface area contributed by atoms with Crippen LogP contribution in [0.3, 0.4) is 0 Å². The molecule has 0 saturated heterocycles. The third-order valence-electron chi connectivity index (χ3n) is 3.30. The van der Waals surface area contributed by atoms with E-state index in [1.807, 2.05) is 30.3 Å². The molecule has 0 radical (unpaired) electrons. The smallest absolute Gasteiger partial charge is 0.183 e. The average Bonchev–Trinajstić information content (AvgIpc) is 3.29. The maximum Gasteiger partial charge on any atom is 0.183 e. The first-order valence-corrected chi connectivity index (χ1v) is 8.81. The zero-order chi connectivity index (χ0) is 16.7. The number of hydrogen-bond donors (Lipinski definition) is 0. The van der Waals surface area contributed by atoms with E-state index in [1.54, 1.807) is 37.3 Å².